The molecule has 0 aromatic rings. The third kappa shape index (κ3) is 1.20. The van der Waals surface area contributed by atoms with E-state index in [0.717, 1.165) is 19.1 Å². The third-order valence-corrected chi connectivity index (χ3v) is 1.87. The van der Waals surface area contributed by atoms with E-state index in [1.165, 1.54) is 0 Å². The normalized spacial score (nSPS) is 39.8. The van der Waals surface area contributed by atoms with Crippen LogP contribution >= 0.6 is 0 Å². The van der Waals surface area contributed by atoms with Gasteiger partial charge in [-0.1, -0.05) is 6.92 Å². The molecule has 1 fully saturated rings. The lowest BCUT2D eigenvalue weighted by molar-refractivity contribution is 0.315. The molecule has 0 amide bonds. The van der Waals surface area contributed by atoms with Crippen LogP contribution in [0.2, 0.25) is 0 Å². The Labute approximate surface area is 50.7 Å². The maximum Gasteiger partial charge on any atom is 0.0456 e. The molecule has 0 unspecified atom stereocenters. The predicted octanol–water partition coefficient (Wildman–Crippen LogP) is 0.161. The highest BCUT2D eigenvalue weighted by atomic mass is 15.1. The Bertz CT molecular complexity index is 62.9. The highest BCUT2D eigenvalue weighted by molar-refractivity contribution is 4.73. The number of rotatable bonds is 0. The molecule has 2 heteroatoms. The molecule has 1 aliphatic rings. The van der Waals surface area contributed by atoms with Crippen LogP contribution in [0, 0.1) is 5.92 Å². The first-order valence-corrected chi connectivity index (χ1v) is 3.25. The third-order valence-electron chi connectivity index (χ3n) is 1.87. The summed E-state index contributed by atoms with van der Waals surface area (Å²) in [6, 6.07) is 0.691. The second-order valence-corrected chi connectivity index (χ2v) is 2.60. The van der Waals surface area contributed by atoms with Gasteiger partial charge in [-0.2, -0.15) is 0 Å². The molecule has 0 aromatic heterocycles. The van der Waals surface area contributed by atoms with Gasteiger partial charge in [0, 0.05) is 19.3 Å². The van der Waals surface area contributed by atoms with E-state index < -0.39 is 0 Å². The smallest absolute Gasteiger partial charge is 0.0456 e. The number of hydrogen-bond donors (Lipinski definition) is 2. The van der Waals surface area contributed by atoms with E-state index in [1.54, 1.807) is 0 Å². The fourth-order valence-corrected chi connectivity index (χ4v) is 0.911. The van der Waals surface area contributed by atoms with Crippen molar-refractivity contribution in [3.05, 3.63) is 0 Å². The minimum atomic E-state index is 0.691. The van der Waals surface area contributed by atoms with E-state index in [0.29, 0.717) is 6.04 Å². The summed E-state index contributed by atoms with van der Waals surface area (Å²) in [7, 11) is 0. The van der Waals surface area contributed by atoms with Crippen LogP contribution in [0.25, 0.3) is 0 Å². The first kappa shape index (κ1) is 6.05. The van der Waals surface area contributed by atoms with Crippen molar-refractivity contribution in [2.24, 2.45) is 5.92 Å². The van der Waals surface area contributed by atoms with Crippen LogP contribution < -0.4 is 10.6 Å². The van der Waals surface area contributed by atoms with Gasteiger partial charge in [0.1, 0.15) is 0 Å². The molecule has 0 bridgehead atoms. The van der Waals surface area contributed by atoms with Gasteiger partial charge >= 0.3 is 0 Å². The molecule has 2 atom stereocenters. The van der Waals surface area contributed by atoms with Gasteiger partial charge in [-0.3, -0.25) is 0 Å². The summed E-state index contributed by atoms with van der Waals surface area (Å²) in [5.74, 6) is 0.781. The van der Waals surface area contributed by atoms with E-state index in [9.17, 15) is 0 Å². The Hall–Kier alpha value is -0.0800. The molecular weight excluding hydrogens is 100 g/mol. The molecule has 1 heterocycles. The van der Waals surface area contributed by atoms with Crippen molar-refractivity contribution in [3.63, 3.8) is 0 Å². The summed E-state index contributed by atoms with van der Waals surface area (Å²) in [4.78, 5) is 0. The lowest BCUT2D eigenvalue weighted by Crippen LogP contribution is -2.48. The van der Waals surface area contributed by atoms with E-state index in [4.69, 9.17) is 0 Å². The molecule has 8 heavy (non-hydrogen) atoms. The van der Waals surface area contributed by atoms with E-state index in [-0.39, 0.29) is 0 Å². The monoisotopic (exact) mass is 114 g/mol. The summed E-state index contributed by atoms with van der Waals surface area (Å²) >= 11 is 0. The SMILES string of the molecule is C[C@@H]1CNCN[C@@H]1C. The van der Waals surface area contributed by atoms with Gasteiger partial charge in [-0.25, -0.2) is 0 Å². The van der Waals surface area contributed by atoms with Gasteiger partial charge in [0.05, 0.1) is 0 Å². The molecule has 2 N–H and O–H groups in total. The largest absolute Gasteiger partial charge is 0.304 e. The molecule has 0 aromatic carbocycles. The minimum absolute atomic E-state index is 0.691. The summed E-state index contributed by atoms with van der Waals surface area (Å²) in [5.41, 5.74) is 0. The topological polar surface area (TPSA) is 24.1 Å². The summed E-state index contributed by atoms with van der Waals surface area (Å²) in [5, 5.41) is 6.57. The Morgan fingerprint density at radius 1 is 1.38 bits per heavy atom. The first-order chi connectivity index (χ1) is 3.80. The van der Waals surface area contributed by atoms with Crippen molar-refractivity contribution in [1.82, 2.24) is 10.6 Å². The molecule has 0 saturated carbocycles. The van der Waals surface area contributed by atoms with Gasteiger partial charge < -0.3 is 10.6 Å². The molecule has 1 aliphatic heterocycles. The van der Waals surface area contributed by atoms with Crippen LogP contribution in [0.1, 0.15) is 13.8 Å². The average molecular weight is 114 g/mol. The van der Waals surface area contributed by atoms with Crippen LogP contribution in [0.4, 0.5) is 0 Å². The van der Waals surface area contributed by atoms with Crippen LogP contribution in [0.3, 0.4) is 0 Å². The zero-order valence-corrected chi connectivity index (χ0v) is 5.57. The van der Waals surface area contributed by atoms with Crippen LogP contribution in [-0.2, 0) is 0 Å². The van der Waals surface area contributed by atoms with Gasteiger partial charge in [0.25, 0.3) is 0 Å². The van der Waals surface area contributed by atoms with Crippen molar-refractivity contribution in [2.75, 3.05) is 13.2 Å². The van der Waals surface area contributed by atoms with E-state index >= 15 is 0 Å². The van der Waals surface area contributed by atoms with Crippen LogP contribution in [0.5, 0.6) is 0 Å². The summed E-state index contributed by atoms with van der Waals surface area (Å²) in [6.07, 6.45) is 0. The molecule has 48 valence electrons. The minimum Gasteiger partial charge on any atom is -0.304 e. The standard InChI is InChI=1S/C6H14N2/c1-5-3-7-4-8-6(5)2/h5-8H,3-4H2,1-2H3/t5-,6-/m1/s1. The number of hydrogen-bond acceptors (Lipinski definition) is 2. The van der Waals surface area contributed by atoms with Gasteiger partial charge in [0.15, 0.2) is 0 Å². The zero-order chi connectivity index (χ0) is 5.98. The molecule has 2 nitrogen and oxygen atoms in total. The van der Waals surface area contributed by atoms with Crippen LogP contribution in [0.15, 0.2) is 0 Å². The highest BCUT2D eigenvalue weighted by Gasteiger charge is 2.14. The molecular formula is C6H14N2. The van der Waals surface area contributed by atoms with E-state index in [2.05, 4.69) is 24.5 Å². The maximum atomic E-state index is 3.32. The zero-order valence-electron chi connectivity index (χ0n) is 5.57. The maximum absolute atomic E-state index is 3.32. The van der Waals surface area contributed by atoms with Gasteiger partial charge in [-0.15, -0.1) is 0 Å². The summed E-state index contributed by atoms with van der Waals surface area (Å²) < 4.78 is 0. The summed E-state index contributed by atoms with van der Waals surface area (Å²) in [6.45, 7) is 6.62. The lowest BCUT2D eigenvalue weighted by atomic mass is 10.0. The highest BCUT2D eigenvalue weighted by Crippen LogP contribution is 2.02. The van der Waals surface area contributed by atoms with E-state index in [1.807, 2.05) is 0 Å². The lowest BCUT2D eigenvalue weighted by Gasteiger charge is -2.27. The van der Waals surface area contributed by atoms with Gasteiger partial charge in [0.2, 0.25) is 0 Å². The predicted molar refractivity (Wildman–Crippen MR) is 34.6 cm³/mol. The molecule has 1 saturated heterocycles. The molecule has 0 radical (unpaired) electrons. The Kier molecular flexibility index (Phi) is 1.86. The second kappa shape index (κ2) is 2.46. The van der Waals surface area contributed by atoms with Crippen molar-refractivity contribution >= 4 is 0 Å². The fourth-order valence-electron chi connectivity index (χ4n) is 0.911. The van der Waals surface area contributed by atoms with Crippen molar-refractivity contribution in [3.8, 4) is 0 Å². The Morgan fingerprint density at radius 2 is 2.12 bits per heavy atom. The van der Waals surface area contributed by atoms with Crippen molar-refractivity contribution < 1.29 is 0 Å². The van der Waals surface area contributed by atoms with Crippen LogP contribution in [-0.4, -0.2) is 19.3 Å². The number of nitrogens with one attached hydrogen (secondary N) is 2. The molecule has 0 spiro atoms. The second-order valence-electron chi connectivity index (χ2n) is 2.60. The fraction of sp³-hybridized carbons (Fsp3) is 1.00. The first-order valence-electron chi connectivity index (χ1n) is 3.25. The quantitative estimate of drug-likeness (QED) is 0.469. The Morgan fingerprint density at radius 3 is 2.50 bits per heavy atom. The van der Waals surface area contributed by atoms with Gasteiger partial charge in [-0.05, 0) is 12.8 Å². The van der Waals surface area contributed by atoms with Crippen molar-refractivity contribution in [1.29, 1.82) is 0 Å². The Balaban J connectivity index is 2.28. The molecule has 1 rings (SSSR count). The average Bonchev–Trinajstić information content (AvgIpc) is 1.77. The van der Waals surface area contributed by atoms with Crippen molar-refractivity contribution in [2.45, 2.75) is 19.9 Å². The molecule has 0 aliphatic carbocycles.